The van der Waals surface area contributed by atoms with Gasteiger partial charge in [-0.1, -0.05) is 61.9 Å². The van der Waals surface area contributed by atoms with Crippen LogP contribution < -0.4 is 9.47 Å². The van der Waals surface area contributed by atoms with Crippen molar-refractivity contribution in [2.45, 2.75) is 57.3 Å². The molecule has 0 radical (unpaired) electrons. The van der Waals surface area contributed by atoms with E-state index in [0.29, 0.717) is 30.3 Å². The van der Waals surface area contributed by atoms with E-state index in [-0.39, 0.29) is 0 Å². The van der Waals surface area contributed by atoms with E-state index in [0.717, 1.165) is 63.2 Å². The van der Waals surface area contributed by atoms with E-state index in [1.54, 1.807) is 0 Å². The first-order chi connectivity index (χ1) is 17.2. The predicted octanol–water partition coefficient (Wildman–Crippen LogP) is 7.12. The van der Waals surface area contributed by atoms with Crippen molar-refractivity contribution < 1.29 is 14.6 Å². The van der Waals surface area contributed by atoms with Crippen molar-refractivity contribution in [3.8, 4) is 11.5 Å². The van der Waals surface area contributed by atoms with Gasteiger partial charge >= 0.3 is 0 Å². The molecule has 1 fully saturated rings. The molecule has 0 aliphatic heterocycles. The zero-order valence-corrected chi connectivity index (χ0v) is 20.9. The van der Waals surface area contributed by atoms with Gasteiger partial charge in [-0.3, -0.25) is 0 Å². The van der Waals surface area contributed by atoms with Crippen LogP contribution in [0.4, 0.5) is 0 Å². The first-order valence-electron chi connectivity index (χ1n) is 13.4. The average molecular weight is 471 g/mol. The highest BCUT2D eigenvalue weighted by Crippen LogP contribution is 2.47. The van der Waals surface area contributed by atoms with E-state index in [9.17, 15) is 5.11 Å². The molecule has 0 bridgehead atoms. The van der Waals surface area contributed by atoms with Crippen LogP contribution in [0.3, 0.4) is 0 Å². The fourth-order valence-electron chi connectivity index (χ4n) is 5.84. The Kier molecular flexibility index (Phi) is 7.73. The van der Waals surface area contributed by atoms with E-state index in [4.69, 9.17) is 9.47 Å². The lowest BCUT2D eigenvalue weighted by atomic mass is 9.69. The molecular weight excluding hydrogens is 432 g/mol. The summed E-state index contributed by atoms with van der Waals surface area (Å²) in [5.41, 5.74) is 5.59. The van der Waals surface area contributed by atoms with Gasteiger partial charge in [0, 0.05) is 12.5 Å². The minimum Gasteiger partial charge on any atom is -0.494 e. The largest absolute Gasteiger partial charge is 0.494 e. The van der Waals surface area contributed by atoms with Crippen LogP contribution in [0.25, 0.3) is 0 Å². The molecule has 0 heterocycles. The molecule has 184 valence electrons. The summed E-state index contributed by atoms with van der Waals surface area (Å²) in [5, 5.41) is 9.23. The van der Waals surface area contributed by atoms with Crippen LogP contribution >= 0.6 is 0 Å². The molecule has 3 aromatic rings. The molecule has 0 spiro atoms. The van der Waals surface area contributed by atoms with Crippen molar-refractivity contribution in [2.75, 3.05) is 19.8 Å². The standard InChI is InChI=1S/C32H38O3/c1-2-3-17-34-29-14-16-31-27(20-29)11-15-30(25-7-5-4-6-8-25)32(31)26-9-12-28(13-10-26)35-22-24-18-23(19-24)21-33/h4-10,12-14,16,20,23-24,30,32-33H,2-3,11,15,17-19,21-22H2,1H3/t23?,24?,30-,32+/m1/s1. The monoisotopic (exact) mass is 470 g/mol. The molecule has 0 amide bonds. The third-order valence-electron chi connectivity index (χ3n) is 7.89. The first-order valence-corrected chi connectivity index (χ1v) is 13.4. The number of aliphatic hydroxyl groups is 1. The fourth-order valence-corrected chi connectivity index (χ4v) is 5.84. The Hall–Kier alpha value is -2.78. The summed E-state index contributed by atoms with van der Waals surface area (Å²) >= 11 is 0. The Bertz CT molecular complexity index is 1070. The number of aryl methyl sites for hydroxylation is 1. The number of ether oxygens (including phenoxy) is 2. The van der Waals surface area contributed by atoms with E-state index in [1.807, 2.05) is 0 Å². The molecular formula is C32H38O3. The SMILES string of the molecule is CCCCOc1ccc2c(c1)CC[C@H](c1ccccc1)[C@@H]2c1ccc(OCC2CC(CO)C2)cc1. The maximum atomic E-state index is 9.23. The van der Waals surface area contributed by atoms with Crippen LogP contribution in [0, 0.1) is 11.8 Å². The minimum atomic E-state index is 0.309. The Morgan fingerprint density at radius 1 is 0.829 bits per heavy atom. The maximum absolute atomic E-state index is 9.23. The van der Waals surface area contributed by atoms with Crippen molar-refractivity contribution in [2.24, 2.45) is 11.8 Å². The Balaban J connectivity index is 1.37. The van der Waals surface area contributed by atoms with Crippen LogP contribution in [-0.2, 0) is 6.42 Å². The summed E-state index contributed by atoms with van der Waals surface area (Å²) in [5.74, 6) is 3.76. The molecule has 0 aromatic heterocycles. The lowest BCUT2D eigenvalue weighted by Gasteiger charge is -2.35. The van der Waals surface area contributed by atoms with Gasteiger partial charge in [0.05, 0.1) is 13.2 Å². The normalized spacial score (nSPS) is 23.3. The summed E-state index contributed by atoms with van der Waals surface area (Å²) in [7, 11) is 0. The number of hydrogen-bond acceptors (Lipinski definition) is 3. The Morgan fingerprint density at radius 3 is 2.34 bits per heavy atom. The molecule has 0 saturated heterocycles. The summed E-state index contributed by atoms with van der Waals surface area (Å²) in [6.45, 7) is 4.04. The number of rotatable bonds is 10. The van der Waals surface area contributed by atoms with E-state index in [2.05, 4.69) is 79.7 Å². The summed E-state index contributed by atoms with van der Waals surface area (Å²) < 4.78 is 12.1. The zero-order valence-electron chi connectivity index (χ0n) is 20.9. The Morgan fingerprint density at radius 2 is 1.60 bits per heavy atom. The molecule has 1 saturated carbocycles. The van der Waals surface area contributed by atoms with Crippen molar-refractivity contribution >= 4 is 0 Å². The molecule has 1 N–H and O–H groups in total. The summed E-state index contributed by atoms with van der Waals surface area (Å²) in [4.78, 5) is 0. The number of fused-ring (bicyclic) bond motifs is 1. The van der Waals surface area contributed by atoms with Gasteiger partial charge in [0.1, 0.15) is 11.5 Å². The fraction of sp³-hybridized carbons (Fsp3) is 0.438. The summed E-state index contributed by atoms with van der Waals surface area (Å²) in [6.07, 6.45) is 6.61. The minimum absolute atomic E-state index is 0.309. The third kappa shape index (κ3) is 5.56. The van der Waals surface area contributed by atoms with Crippen LogP contribution in [-0.4, -0.2) is 24.9 Å². The van der Waals surface area contributed by atoms with Crippen LogP contribution in [0.2, 0.25) is 0 Å². The zero-order chi connectivity index (χ0) is 24.0. The molecule has 5 rings (SSSR count). The van der Waals surface area contributed by atoms with E-state index < -0.39 is 0 Å². The third-order valence-corrected chi connectivity index (χ3v) is 7.89. The molecule has 2 aliphatic carbocycles. The van der Waals surface area contributed by atoms with E-state index in [1.165, 1.54) is 22.3 Å². The van der Waals surface area contributed by atoms with Crippen LogP contribution in [0.1, 0.15) is 73.1 Å². The first kappa shape index (κ1) is 23.9. The number of aliphatic hydroxyl groups excluding tert-OH is 1. The van der Waals surface area contributed by atoms with Gasteiger partial charge in [-0.15, -0.1) is 0 Å². The topological polar surface area (TPSA) is 38.7 Å². The molecule has 3 aromatic carbocycles. The lowest BCUT2D eigenvalue weighted by Crippen LogP contribution is -2.30. The summed E-state index contributed by atoms with van der Waals surface area (Å²) in [6, 6.07) is 26.5. The van der Waals surface area contributed by atoms with Gasteiger partial charge in [0.2, 0.25) is 0 Å². The quantitative estimate of drug-likeness (QED) is 0.321. The van der Waals surface area contributed by atoms with Gasteiger partial charge in [0.25, 0.3) is 0 Å². The van der Waals surface area contributed by atoms with Crippen molar-refractivity contribution in [3.05, 3.63) is 95.1 Å². The van der Waals surface area contributed by atoms with Crippen molar-refractivity contribution in [1.82, 2.24) is 0 Å². The van der Waals surface area contributed by atoms with Gasteiger partial charge in [-0.05, 0) is 96.4 Å². The maximum Gasteiger partial charge on any atom is 0.119 e. The smallest absolute Gasteiger partial charge is 0.119 e. The van der Waals surface area contributed by atoms with Gasteiger partial charge in [-0.25, -0.2) is 0 Å². The van der Waals surface area contributed by atoms with Gasteiger partial charge in [0.15, 0.2) is 0 Å². The second-order valence-corrected chi connectivity index (χ2v) is 10.4. The molecule has 3 nitrogen and oxygen atoms in total. The second-order valence-electron chi connectivity index (χ2n) is 10.4. The number of benzene rings is 3. The van der Waals surface area contributed by atoms with Gasteiger partial charge < -0.3 is 14.6 Å². The highest BCUT2D eigenvalue weighted by molar-refractivity contribution is 5.48. The van der Waals surface area contributed by atoms with Crippen LogP contribution in [0.15, 0.2) is 72.8 Å². The Labute approximate surface area is 210 Å². The predicted molar refractivity (Wildman–Crippen MR) is 141 cm³/mol. The number of hydrogen-bond donors (Lipinski definition) is 1. The highest BCUT2D eigenvalue weighted by atomic mass is 16.5. The lowest BCUT2D eigenvalue weighted by molar-refractivity contribution is 0.0730. The molecule has 2 aliphatic rings. The second kappa shape index (κ2) is 11.3. The average Bonchev–Trinajstić information content (AvgIpc) is 2.88. The molecule has 35 heavy (non-hydrogen) atoms. The highest BCUT2D eigenvalue weighted by Gasteiger charge is 2.32. The molecule has 3 heteroatoms. The molecule has 2 atom stereocenters. The van der Waals surface area contributed by atoms with Crippen LogP contribution in [0.5, 0.6) is 11.5 Å². The van der Waals surface area contributed by atoms with Crippen molar-refractivity contribution in [3.63, 3.8) is 0 Å². The van der Waals surface area contributed by atoms with E-state index >= 15 is 0 Å². The van der Waals surface area contributed by atoms with Gasteiger partial charge in [-0.2, -0.15) is 0 Å². The molecule has 0 unspecified atom stereocenters. The van der Waals surface area contributed by atoms with Crippen molar-refractivity contribution in [1.29, 1.82) is 0 Å². The number of unbranched alkanes of at least 4 members (excludes halogenated alkanes) is 1.